The summed E-state index contributed by atoms with van der Waals surface area (Å²) in [5, 5.41) is 7.94. The molecule has 0 aromatic heterocycles. The van der Waals surface area contributed by atoms with Crippen molar-refractivity contribution in [3.8, 4) is 11.5 Å². The van der Waals surface area contributed by atoms with Crippen molar-refractivity contribution < 1.29 is 23.9 Å². The van der Waals surface area contributed by atoms with Gasteiger partial charge < -0.3 is 25.4 Å². The third-order valence-electron chi connectivity index (χ3n) is 4.08. The van der Waals surface area contributed by atoms with Crippen molar-refractivity contribution in [1.29, 1.82) is 0 Å². The Morgan fingerprint density at radius 3 is 2.41 bits per heavy atom. The highest BCUT2D eigenvalue weighted by Crippen LogP contribution is 2.26. The Balaban J connectivity index is 1.71. The Bertz CT molecular complexity index is 874. The molecule has 0 fully saturated rings. The van der Waals surface area contributed by atoms with Crippen LogP contribution in [-0.4, -0.2) is 38.0 Å². The first-order valence-corrected chi connectivity index (χ1v) is 8.24. The second-order valence-corrected chi connectivity index (χ2v) is 5.91. The highest BCUT2D eigenvalue weighted by atomic mass is 16.5. The van der Waals surface area contributed by atoms with Crippen molar-refractivity contribution in [3.63, 3.8) is 0 Å². The third-order valence-corrected chi connectivity index (χ3v) is 4.08. The summed E-state index contributed by atoms with van der Waals surface area (Å²) in [6.07, 6.45) is -0.217. The summed E-state index contributed by atoms with van der Waals surface area (Å²) in [4.78, 5) is 37.1. The van der Waals surface area contributed by atoms with E-state index in [0.717, 1.165) is 0 Å². The van der Waals surface area contributed by atoms with E-state index in [4.69, 9.17) is 9.47 Å². The van der Waals surface area contributed by atoms with Crippen LogP contribution in [0.15, 0.2) is 42.5 Å². The first-order valence-electron chi connectivity index (χ1n) is 8.24. The molecule has 2 aromatic rings. The molecule has 0 saturated heterocycles. The molecule has 3 rings (SSSR count). The minimum Gasteiger partial charge on any atom is -0.497 e. The molecule has 0 bridgehead atoms. The zero-order chi connectivity index (χ0) is 19.4. The fourth-order valence-electron chi connectivity index (χ4n) is 2.73. The van der Waals surface area contributed by atoms with Crippen LogP contribution in [0.4, 0.5) is 11.4 Å². The van der Waals surface area contributed by atoms with Gasteiger partial charge >= 0.3 is 0 Å². The van der Waals surface area contributed by atoms with Gasteiger partial charge in [0, 0.05) is 23.9 Å². The summed E-state index contributed by atoms with van der Waals surface area (Å²) in [6.45, 7) is 0. The molecule has 0 radical (unpaired) electrons. The number of rotatable bonds is 5. The van der Waals surface area contributed by atoms with Gasteiger partial charge in [0.1, 0.15) is 17.5 Å². The van der Waals surface area contributed by atoms with Crippen LogP contribution in [0.1, 0.15) is 16.8 Å². The van der Waals surface area contributed by atoms with Crippen LogP contribution in [0.3, 0.4) is 0 Å². The third kappa shape index (κ3) is 4.17. The van der Waals surface area contributed by atoms with Crippen LogP contribution in [0, 0.1) is 0 Å². The van der Waals surface area contributed by atoms with Gasteiger partial charge in [0.15, 0.2) is 0 Å². The van der Waals surface area contributed by atoms with E-state index in [2.05, 4.69) is 16.0 Å². The highest BCUT2D eigenvalue weighted by molar-refractivity contribution is 6.11. The van der Waals surface area contributed by atoms with Crippen molar-refractivity contribution in [2.45, 2.75) is 12.5 Å². The number of amides is 3. The second kappa shape index (κ2) is 7.77. The van der Waals surface area contributed by atoms with Gasteiger partial charge in [0.05, 0.1) is 31.9 Å². The number of methoxy groups -OCH3 is 2. The van der Waals surface area contributed by atoms with Gasteiger partial charge in [-0.2, -0.15) is 0 Å². The smallest absolute Gasteiger partial charge is 0.254 e. The molecule has 1 aliphatic heterocycles. The average Bonchev–Trinajstić information content (AvgIpc) is 2.78. The van der Waals surface area contributed by atoms with E-state index in [0.29, 0.717) is 28.4 Å². The molecular weight excluding hydrogens is 350 g/mol. The minimum atomic E-state index is -0.989. The number of fused-ring (bicyclic) bond motifs is 1. The molecule has 2 aromatic carbocycles. The lowest BCUT2D eigenvalue weighted by Crippen LogP contribution is -2.43. The number of para-hydroxylation sites is 1. The Labute approximate surface area is 155 Å². The maximum Gasteiger partial charge on any atom is 0.254 e. The molecule has 0 aliphatic carbocycles. The SMILES string of the molecule is COc1cc(NC(=O)C[C@@H]2NC(=O)c3ccccc3NC2=O)cc(OC)c1. The number of benzene rings is 2. The second-order valence-electron chi connectivity index (χ2n) is 5.91. The van der Waals surface area contributed by atoms with Gasteiger partial charge in [-0.05, 0) is 12.1 Å². The number of ether oxygens (including phenoxy) is 2. The molecule has 3 N–H and O–H groups in total. The van der Waals surface area contributed by atoms with Crippen LogP contribution in [0.2, 0.25) is 0 Å². The first kappa shape index (κ1) is 18.2. The molecular formula is C19H19N3O5. The molecule has 1 heterocycles. The fraction of sp³-hybridized carbons (Fsp3) is 0.211. The monoisotopic (exact) mass is 369 g/mol. The lowest BCUT2D eigenvalue weighted by molar-refractivity contribution is -0.122. The van der Waals surface area contributed by atoms with E-state index in [1.807, 2.05) is 0 Å². The van der Waals surface area contributed by atoms with E-state index >= 15 is 0 Å². The summed E-state index contributed by atoms with van der Waals surface area (Å²) in [7, 11) is 3.01. The maximum atomic E-state index is 12.4. The van der Waals surface area contributed by atoms with Gasteiger partial charge in [-0.25, -0.2) is 0 Å². The predicted molar refractivity (Wildman–Crippen MR) is 99.1 cm³/mol. The zero-order valence-corrected chi connectivity index (χ0v) is 14.9. The van der Waals surface area contributed by atoms with Crippen molar-refractivity contribution in [3.05, 3.63) is 48.0 Å². The number of nitrogens with one attached hydrogen (secondary N) is 3. The topological polar surface area (TPSA) is 106 Å². The number of anilines is 2. The summed E-state index contributed by atoms with van der Waals surface area (Å²) in [5.41, 5.74) is 1.23. The van der Waals surface area contributed by atoms with Crippen molar-refractivity contribution >= 4 is 29.1 Å². The van der Waals surface area contributed by atoms with Crippen molar-refractivity contribution in [1.82, 2.24) is 5.32 Å². The zero-order valence-electron chi connectivity index (χ0n) is 14.9. The van der Waals surface area contributed by atoms with Gasteiger partial charge in [-0.1, -0.05) is 12.1 Å². The van der Waals surface area contributed by atoms with Crippen LogP contribution in [0.25, 0.3) is 0 Å². The van der Waals surface area contributed by atoms with E-state index < -0.39 is 23.8 Å². The van der Waals surface area contributed by atoms with Crippen LogP contribution in [0.5, 0.6) is 11.5 Å². The van der Waals surface area contributed by atoms with Crippen molar-refractivity contribution in [2.75, 3.05) is 24.9 Å². The minimum absolute atomic E-state index is 0.217. The summed E-state index contributed by atoms with van der Waals surface area (Å²) >= 11 is 0. The standard InChI is InChI=1S/C19H19N3O5/c1-26-12-7-11(8-13(9-12)27-2)20-17(23)10-16-19(25)21-15-6-4-3-5-14(15)18(24)22-16/h3-9,16H,10H2,1-2H3,(H,20,23)(H,21,25)(H,22,24)/t16-/m0/s1. The molecule has 27 heavy (non-hydrogen) atoms. The van der Waals surface area contributed by atoms with Gasteiger partial charge in [0.2, 0.25) is 11.8 Å². The molecule has 1 aliphatic rings. The van der Waals surface area contributed by atoms with Crippen molar-refractivity contribution in [2.24, 2.45) is 0 Å². The van der Waals surface area contributed by atoms with Gasteiger partial charge in [-0.15, -0.1) is 0 Å². The number of hydrogen-bond donors (Lipinski definition) is 3. The number of carbonyl (C=O) groups excluding carboxylic acids is 3. The quantitative estimate of drug-likeness (QED) is 0.745. The van der Waals surface area contributed by atoms with Crippen LogP contribution < -0.4 is 25.4 Å². The Hall–Kier alpha value is -3.55. The number of hydrogen-bond acceptors (Lipinski definition) is 5. The first-order chi connectivity index (χ1) is 13.0. The summed E-state index contributed by atoms with van der Waals surface area (Å²) in [5.74, 6) is -0.269. The lowest BCUT2D eigenvalue weighted by atomic mass is 10.1. The van der Waals surface area contributed by atoms with E-state index in [1.165, 1.54) is 14.2 Å². The molecule has 0 spiro atoms. The molecule has 3 amide bonds. The van der Waals surface area contributed by atoms with E-state index in [9.17, 15) is 14.4 Å². The van der Waals surface area contributed by atoms with E-state index in [1.54, 1.807) is 42.5 Å². The average molecular weight is 369 g/mol. The largest absolute Gasteiger partial charge is 0.497 e. The van der Waals surface area contributed by atoms with Crippen LogP contribution in [-0.2, 0) is 9.59 Å². The normalized spacial score (nSPS) is 15.7. The molecule has 1 atom stereocenters. The molecule has 0 saturated carbocycles. The predicted octanol–water partition coefficient (Wildman–Crippen LogP) is 1.78. The molecule has 8 nitrogen and oxygen atoms in total. The Morgan fingerprint density at radius 1 is 1.07 bits per heavy atom. The Kier molecular flexibility index (Phi) is 5.25. The van der Waals surface area contributed by atoms with E-state index in [-0.39, 0.29) is 6.42 Å². The van der Waals surface area contributed by atoms with Crippen LogP contribution >= 0.6 is 0 Å². The fourth-order valence-corrected chi connectivity index (χ4v) is 2.73. The van der Waals surface area contributed by atoms with Gasteiger partial charge in [0.25, 0.3) is 5.91 Å². The molecule has 0 unspecified atom stereocenters. The molecule has 8 heteroatoms. The summed E-state index contributed by atoms with van der Waals surface area (Å²) < 4.78 is 10.3. The maximum absolute atomic E-state index is 12.4. The summed E-state index contributed by atoms with van der Waals surface area (Å²) in [6, 6.07) is 10.6. The Morgan fingerprint density at radius 2 is 1.74 bits per heavy atom. The number of carbonyl (C=O) groups is 3. The highest BCUT2D eigenvalue weighted by Gasteiger charge is 2.29. The lowest BCUT2D eigenvalue weighted by Gasteiger charge is -2.15. The molecule has 140 valence electrons. The van der Waals surface area contributed by atoms with Gasteiger partial charge in [-0.3, -0.25) is 14.4 Å².